The molecule has 0 atom stereocenters. The van der Waals surface area contributed by atoms with Crippen LogP contribution in [-0.2, 0) is 6.61 Å². The van der Waals surface area contributed by atoms with Crippen molar-refractivity contribution >= 4 is 50.8 Å². The van der Waals surface area contributed by atoms with Crippen LogP contribution in [0.2, 0.25) is 5.02 Å². The minimum absolute atomic E-state index is 0.382. The van der Waals surface area contributed by atoms with Gasteiger partial charge in [0.2, 0.25) is 10.9 Å². The van der Waals surface area contributed by atoms with E-state index in [4.69, 9.17) is 20.8 Å². The van der Waals surface area contributed by atoms with E-state index in [-0.39, 0.29) is 0 Å². The van der Waals surface area contributed by atoms with Gasteiger partial charge >= 0.3 is 0 Å². The average Bonchev–Trinajstić information content (AvgIpc) is 3.39. The molecule has 5 aromatic rings. The van der Waals surface area contributed by atoms with E-state index in [9.17, 15) is 0 Å². The summed E-state index contributed by atoms with van der Waals surface area (Å²) in [7, 11) is 0. The number of rotatable bonds is 5. The maximum Gasteiger partial charge on any atom is 0.247 e. The molecule has 0 fully saturated rings. The molecule has 6 nitrogen and oxygen atoms in total. The Bertz CT molecular complexity index is 1260. The number of nitrogens with zero attached hydrogens (tertiary/aromatic N) is 4. The highest BCUT2D eigenvalue weighted by Gasteiger charge is 2.15. The van der Waals surface area contributed by atoms with Crippen molar-refractivity contribution in [3.8, 4) is 17.3 Å². The molecule has 0 saturated carbocycles. The van der Waals surface area contributed by atoms with Gasteiger partial charge in [-0.25, -0.2) is 14.5 Å². The Hall–Kier alpha value is -2.55. The number of benzene rings is 2. The van der Waals surface area contributed by atoms with E-state index in [1.165, 1.54) is 11.3 Å². The van der Waals surface area contributed by atoms with Gasteiger partial charge in [-0.3, -0.25) is 0 Å². The molecule has 0 spiro atoms. The van der Waals surface area contributed by atoms with E-state index in [0.29, 0.717) is 34.5 Å². The largest absolute Gasteiger partial charge is 0.489 e. The van der Waals surface area contributed by atoms with Crippen molar-refractivity contribution in [1.82, 2.24) is 19.6 Å². The van der Waals surface area contributed by atoms with Gasteiger partial charge in [0.15, 0.2) is 9.92 Å². The molecule has 3 aromatic heterocycles. The number of halogens is 1. The number of imidazole rings is 1. The van der Waals surface area contributed by atoms with Gasteiger partial charge in [-0.2, -0.15) is 0 Å². The van der Waals surface area contributed by atoms with Crippen molar-refractivity contribution in [3.05, 3.63) is 59.2 Å². The third kappa shape index (κ3) is 3.23. The molecule has 0 aliphatic heterocycles. The standard InChI is InChI=1S/C19H13ClN4O2S2/c1-27-19-23-24-9-15(22-18(24)28-19)17-21-14-7-6-12(8-16(14)26-17)25-10-11-4-2-3-5-13(11)20/h2-9H,10H2,1H3. The molecule has 0 aliphatic carbocycles. The molecule has 0 unspecified atom stereocenters. The summed E-state index contributed by atoms with van der Waals surface area (Å²) in [6.07, 6.45) is 3.82. The van der Waals surface area contributed by atoms with Gasteiger partial charge in [0.25, 0.3) is 0 Å². The lowest BCUT2D eigenvalue weighted by molar-refractivity contribution is 0.306. The number of ether oxygens (including phenoxy) is 1. The van der Waals surface area contributed by atoms with Crippen LogP contribution >= 0.6 is 34.7 Å². The molecule has 0 aliphatic rings. The van der Waals surface area contributed by atoms with Crippen molar-refractivity contribution in [2.75, 3.05) is 6.26 Å². The Kier molecular flexibility index (Phi) is 4.46. The van der Waals surface area contributed by atoms with Crippen LogP contribution < -0.4 is 4.74 Å². The fourth-order valence-electron chi connectivity index (χ4n) is 2.75. The van der Waals surface area contributed by atoms with Gasteiger partial charge < -0.3 is 9.15 Å². The Labute approximate surface area is 173 Å². The van der Waals surface area contributed by atoms with Gasteiger partial charge in [-0.05, 0) is 24.5 Å². The van der Waals surface area contributed by atoms with Gasteiger partial charge in [-0.1, -0.05) is 52.9 Å². The van der Waals surface area contributed by atoms with Gasteiger partial charge in [0, 0.05) is 16.7 Å². The smallest absolute Gasteiger partial charge is 0.247 e. The fraction of sp³-hybridized carbons (Fsp3) is 0.105. The van der Waals surface area contributed by atoms with Crippen molar-refractivity contribution in [1.29, 1.82) is 0 Å². The van der Waals surface area contributed by atoms with Crippen LogP contribution in [0.4, 0.5) is 0 Å². The zero-order chi connectivity index (χ0) is 19.1. The maximum absolute atomic E-state index is 6.18. The van der Waals surface area contributed by atoms with E-state index in [1.54, 1.807) is 16.3 Å². The second-order valence-corrected chi connectivity index (χ2v) is 8.37. The summed E-state index contributed by atoms with van der Waals surface area (Å²) in [5, 5.41) is 5.12. The van der Waals surface area contributed by atoms with Crippen molar-refractivity contribution in [3.63, 3.8) is 0 Å². The van der Waals surface area contributed by atoms with E-state index in [1.807, 2.05) is 54.9 Å². The predicted molar refractivity (Wildman–Crippen MR) is 111 cm³/mol. The molecule has 0 N–H and O–H groups in total. The number of aromatic nitrogens is 4. The second-order valence-electron chi connectivity index (χ2n) is 5.95. The Morgan fingerprint density at radius 2 is 2.11 bits per heavy atom. The highest BCUT2D eigenvalue weighted by Crippen LogP contribution is 2.29. The number of fused-ring (bicyclic) bond motifs is 2. The van der Waals surface area contributed by atoms with Gasteiger partial charge in [-0.15, -0.1) is 5.10 Å². The van der Waals surface area contributed by atoms with Gasteiger partial charge in [0.1, 0.15) is 23.6 Å². The molecular formula is C19H13ClN4O2S2. The summed E-state index contributed by atoms with van der Waals surface area (Å²) in [6, 6.07) is 13.2. The van der Waals surface area contributed by atoms with E-state index >= 15 is 0 Å². The summed E-state index contributed by atoms with van der Waals surface area (Å²) < 4.78 is 14.5. The molecule has 2 aromatic carbocycles. The first kappa shape index (κ1) is 17.5. The lowest BCUT2D eigenvalue weighted by Gasteiger charge is -2.07. The van der Waals surface area contributed by atoms with Crippen LogP contribution in [0.5, 0.6) is 5.75 Å². The zero-order valence-electron chi connectivity index (χ0n) is 14.6. The van der Waals surface area contributed by atoms with Crippen LogP contribution in [0.3, 0.4) is 0 Å². The lowest BCUT2D eigenvalue weighted by atomic mass is 10.2. The monoisotopic (exact) mass is 428 g/mol. The summed E-state index contributed by atoms with van der Waals surface area (Å²) >= 11 is 9.30. The first-order valence-corrected chi connectivity index (χ1v) is 10.8. The number of oxazole rings is 1. The van der Waals surface area contributed by atoms with Gasteiger partial charge in [0.05, 0.1) is 6.20 Å². The molecule has 0 radical (unpaired) electrons. The third-order valence-electron chi connectivity index (χ3n) is 4.13. The Morgan fingerprint density at radius 3 is 2.93 bits per heavy atom. The van der Waals surface area contributed by atoms with Crippen LogP contribution in [0, 0.1) is 0 Å². The summed E-state index contributed by atoms with van der Waals surface area (Å²) in [5.74, 6) is 1.15. The second kappa shape index (κ2) is 7.12. The summed E-state index contributed by atoms with van der Waals surface area (Å²) in [6.45, 7) is 0.382. The number of hydrogen-bond donors (Lipinski definition) is 0. The quantitative estimate of drug-likeness (QED) is 0.342. The van der Waals surface area contributed by atoms with Crippen LogP contribution in [0.1, 0.15) is 5.56 Å². The molecule has 140 valence electrons. The molecular weight excluding hydrogens is 416 g/mol. The SMILES string of the molecule is CSc1nn2cc(-c3nc4ccc(OCc5ccccc5Cl)cc4o3)nc2s1. The highest BCUT2D eigenvalue weighted by molar-refractivity contribution is 8.00. The van der Waals surface area contributed by atoms with E-state index < -0.39 is 0 Å². The molecule has 3 heterocycles. The first-order chi connectivity index (χ1) is 13.7. The zero-order valence-corrected chi connectivity index (χ0v) is 17.0. The predicted octanol–water partition coefficient (Wildman–Crippen LogP) is 5.55. The van der Waals surface area contributed by atoms with Crippen molar-refractivity contribution < 1.29 is 9.15 Å². The minimum Gasteiger partial charge on any atom is -0.489 e. The molecule has 0 bridgehead atoms. The molecule has 5 rings (SSSR count). The lowest BCUT2D eigenvalue weighted by Crippen LogP contribution is -1.95. The molecule has 9 heteroatoms. The minimum atomic E-state index is 0.382. The topological polar surface area (TPSA) is 65.5 Å². The first-order valence-electron chi connectivity index (χ1n) is 8.37. The van der Waals surface area contributed by atoms with Crippen molar-refractivity contribution in [2.24, 2.45) is 0 Å². The average molecular weight is 429 g/mol. The van der Waals surface area contributed by atoms with E-state index in [0.717, 1.165) is 20.4 Å². The fourth-order valence-corrected chi connectivity index (χ4v) is 4.28. The summed E-state index contributed by atoms with van der Waals surface area (Å²) in [5.41, 5.74) is 2.97. The van der Waals surface area contributed by atoms with Crippen LogP contribution in [-0.4, -0.2) is 25.8 Å². The maximum atomic E-state index is 6.18. The number of hydrogen-bond acceptors (Lipinski definition) is 7. The third-order valence-corrected chi connectivity index (χ3v) is 6.40. The Balaban J connectivity index is 1.41. The highest BCUT2D eigenvalue weighted by atomic mass is 35.5. The van der Waals surface area contributed by atoms with Crippen LogP contribution in [0.15, 0.2) is 57.4 Å². The number of thioether (sulfide) groups is 1. The van der Waals surface area contributed by atoms with E-state index in [2.05, 4.69) is 15.1 Å². The Morgan fingerprint density at radius 1 is 1.21 bits per heavy atom. The molecule has 0 saturated heterocycles. The molecule has 28 heavy (non-hydrogen) atoms. The van der Waals surface area contributed by atoms with Crippen molar-refractivity contribution in [2.45, 2.75) is 10.9 Å². The molecule has 0 amide bonds. The van der Waals surface area contributed by atoms with Crippen LogP contribution in [0.25, 0.3) is 27.6 Å². The summed E-state index contributed by atoms with van der Waals surface area (Å²) in [4.78, 5) is 9.90. The normalized spacial score (nSPS) is 11.5.